The van der Waals surface area contributed by atoms with Gasteiger partial charge < -0.3 is 10.1 Å². The highest BCUT2D eigenvalue weighted by Gasteiger charge is 2.44. The number of alkyl halides is 4. The van der Waals surface area contributed by atoms with Crippen LogP contribution >= 0.6 is 0 Å². The van der Waals surface area contributed by atoms with Crippen molar-refractivity contribution in [2.24, 2.45) is 0 Å². The molecule has 0 aliphatic rings. The maximum Gasteiger partial charge on any atom is 0.461 e. The minimum Gasteiger partial charge on any atom is -0.428 e. The number of para-hydroxylation sites is 2. The first-order valence-corrected chi connectivity index (χ1v) is 10.2. The molecule has 0 saturated carbocycles. The number of fused-ring (bicyclic) bond motifs is 3. The third-order valence-corrected chi connectivity index (χ3v) is 4.94. The van der Waals surface area contributed by atoms with Crippen molar-refractivity contribution in [1.29, 1.82) is 0 Å². The minimum atomic E-state index is -4.71. The second-order valence-corrected chi connectivity index (χ2v) is 7.26. The van der Waals surface area contributed by atoms with Crippen LogP contribution in [0.1, 0.15) is 0 Å². The molecule has 3 heterocycles. The van der Waals surface area contributed by atoms with Gasteiger partial charge in [0.05, 0.1) is 11.1 Å². The fourth-order valence-electron chi connectivity index (χ4n) is 3.35. The first-order valence-electron chi connectivity index (χ1n) is 10.2. The summed E-state index contributed by atoms with van der Waals surface area (Å²) >= 11 is 0. The van der Waals surface area contributed by atoms with E-state index in [9.17, 15) is 22.4 Å². The Balaban J connectivity index is 1.70. The Morgan fingerprint density at radius 1 is 0.943 bits per heavy atom. The smallest absolute Gasteiger partial charge is 0.428 e. The summed E-state index contributed by atoms with van der Waals surface area (Å²) in [5.41, 5.74) is 0.312. The standard InChI is InChI=1S/C23H14F4N6O2/c24-21(25)23(26,27)35-17-11-4-2-8-14(17)18-31-19-13-7-1-3-9-15(13)29-22(33(19)32-18)30-16-10-5-6-12-28-20(16)34/h1-12,21H,(H,28,29,30,34). The summed E-state index contributed by atoms with van der Waals surface area (Å²) in [6.45, 7) is 0. The van der Waals surface area contributed by atoms with Gasteiger partial charge in [0.2, 0.25) is 5.95 Å². The predicted octanol–water partition coefficient (Wildman–Crippen LogP) is 4.68. The molecule has 0 fully saturated rings. The van der Waals surface area contributed by atoms with E-state index < -0.39 is 23.8 Å². The number of hydrogen-bond donors (Lipinski definition) is 1. The van der Waals surface area contributed by atoms with E-state index in [0.717, 1.165) is 6.07 Å². The van der Waals surface area contributed by atoms with Crippen LogP contribution in [0.25, 0.3) is 27.9 Å². The summed E-state index contributed by atoms with van der Waals surface area (Å²) in [7, 11) is 0. The molecule has 0 aliphatic carbocycles. The average Bonchev–Trinajstić information content (AvgIpc) is 3.19. The maximum atomic E-state index is 13.6. The molecule has 8 nitrogen and oxygen atoms in total. The molecule has 0 bridgehead atoms. The van der Waals surface area contributed by atoms with Crippen LogP contribution in [0, 0.1) is 0 Å². The molecule has 0 amide bonds. The molecule has 5 rings (SSSR count). The van der Waals surface area contributed by atoms with Crippen LogP contribution in [0.15, 0.2) is 77.7 Å². The van der Waals surface area contributed by atoms with Gasteiger partial charge in [-0.1, -0.05) is 30.3 Å². The van der Waals surface area contributed by atoms with Crippen molar-refractivity contribution in [2.75, 3.05) is 5.32 Å². The molecule has 35 heavy (non-hydrogen) atoms. The van der Waals surface area contributed by atoms with Crippen LogP contribution in [-0.2, 0) is 0 Å². The van der Waals surface area contributed by atoms with E-state index in [1.165, 1.54) is 35.0 Å². The summed E-state index contributed by atoms with van der Waals surface area (Å²) in [6.07, 6.45) is -7.40. The number of halogens is 4. The summed E-state index contributed by atoms with van der Waals surface area (Å²) in [6, 6.07) is 17.0. The molecule has 12 heteroatoms. The molecule has 3 aromatic heterocycles. The molecule has 0 spiro atoms. The summed E-state index contributed by atoms with van der Waals surface area (Å²) in [5, 5.41) is 7.82. The van der Waals surface area contributed by atoms with E-state index in [1.807, 2.05) is 0 Å². The zero-order valence-electron chi connectivity index (χ0n) is 17.6. The molecular formula is C23H14F4N6O2. The number of ether oxygens (including phenoxy) is 1. The Morgan fingerprint density at radius 3 is 2.51 bits per heavy atom. The monoisotopic (exact) mass is 482 g/mol. The molecule has 2 aromatic carbocycles. The van der Waals surface area contributed by atoms with Crippen molar-refractivity contribution in [3.8, 4) is 17.1 Å². The largest absolute Gasteiger partial charge is 0.461 e. The van der Waals surface area contributed by atoms with E-state index in [2.05, 4.69) is 30.1 Å². The van der Waals surface area contributed by atoms with Gasteiger partial charge in [0.1, 0.15) is 11.4 Å². The van der Waals surface area contributed by atoms with Crippen LogP contribution in [0.2, 0.25) is 0 Å². The number of nitrogens with zero attached hydrogens (tertiary/aromatic N) is 5. The Morgan fingerprint density at radius 2 is 1.69 bits per heavy atom. The third-order valence-electron chi connectivity index (χ3n) is 4.94. The lowest BCUT2D eigenvalue weighted by atomic mass is 10.2. The number of aromatic nitrogens is 5. The van der Waals surface area contributed by atoms with Crippen molar-refractivity contribution in [2.45, 2.75) is 12.5 Å². The van der Waals surface area contributed by atoms with Gasteiger partial charge in [0, 0.05) is 11.6 Å². The summed E-state index contributed by atoms with van der Waals surface area (Å²) < 4.78 is 58.4. The second-order valence-electron chi connectivity index (χ2n) is 7.26. The normalized spacial score (nSPS) is 11.8. The number of nitrogens with one attached hydrogen (secondary N) is 1. The molecule has 0 unspecified atom stereocenters. The SMILES string of the molecule is O=c1nccccc1Nc1nc2ccccc2c2nc(-c3ccccc3OC(F)(F)C(F)F)nn12. The minimum absolute atomic E-state index is 0.0381. The van der Waals surface area contributed by atoms with Crippen molar-refractivity contribution < 1.29 is 22.3 Å². The Kier molecular flexibility index (Phi) is 5.47. The van der Waals surface area contributed by atoms with Crippen LogP contribution < -0.4 is 15.6 Å². The van der Waals surface area contributed by atoms with Crippen LogP contribution in [0.5, 0.6) is 5.75 Å². The van der Waals surface area contributed by atoms with Gasteiger partial charge in [-0.25, -0.2) is 15.0 Å². The average molecular weight is 482 g/mol. The molecular weight excluding hydrogens is 468 g/mol. The van der Waals surface area contributed by atoms with E-state index >= 15 is 0 Å². The lowest BCUT2D eigenvalue weighted by Gasteiger charge is -2.18. The molecule has 0 radical (unpaired) electrons. The fourth-order valence-corrected chi connectivity index (χ4v) is 3.35. The lowest BCUT2D eigenvalue weighted by Crippen LogP contribution is -2.33. The van der Waals surface area contributed by atoms with Crippen LogP contribution in [-0.4, -0.2) is 37.1 Å². The van der Waals surface area contributed by atoms with E-state index in [1.54, 1.807) is 36.4 Å². The van der Waals surface area contributed by atoms with Crippen molar-refractivity contribution in [1.82, 2.24) is 24.6 Å². The van der Waals surface area contributed by atoms with Crippen molar-refractivity contribution in [3.05, 3.63) is 83.3 Å². The Labute approximate surface area is 193 Å². The predicted molar refractivity (Wildman–Crippen MR) is 119 cm³/mol. The maximum absolute atomic E-state index is 13.6. The van der Waals surface area contributed by atoms with Crippen LogP contribution in [0.3, 0.4) is 0 Å². The highest BCUT2D eigenvalue weighted by Crippen LogP contribution is 2.35. The first kappa shape index (κ1) is 22.2. The summed E-state index contributed by atoms with van der Waals surface area (Å²) in [4.78, 5) is 25.0. The van der Waals surface area contributed by atoms with Crippen molar-refractivity contribution in [3.63, 3.8) is 0 Å². The van der Waals surface area contributed by atoms with Crippen molar-refractivity contribution >= 4 is 28.2 Å². The molecule has 5 aromatic rings. The number of anilines is 2. The number of hydrogen-bond acceptors (Lipinski definition) is 7. The lowest BCUT2D eigenvalue weighted by molar-refractivity contribution is -0.253. The van der Waals surface area contributed by atoms with Gasteiger partial charge in [-0.3, -0.25) is 4.79 Å². The zero-order chi connectivity index (χ0) is 24.6. The van der Waals surface area contributed by atoms with Gasteiger partial charge in [-0.15, -0.1) is 5.10 Å². The molecule has 176 valence electrons. The van der Waals surface area contributed by atoms with Crippen LogP contribution in [0.4, 0.5) is 29.2 Å². The first-order chi connectivity index (χ1) is 16.8. The van der Waals surface area contributed by atoms with Gasteiger partial charge in [-0.2, -0.15) is 22.1 Å². The molecule has 0 atom stereocenters. The third kappa shape index (κ3) is 4.21. The van der Waals surface area contributed by atoms with Gasteiger partial charge >= 0.3 is 12.5 Å². The molecule has 1 N–H and O–H groups in total. The molecule has 0 aliphatic heterocycles. The topological polar surface area (TPSA) is 94.3 Å². The fraction of sp³-hybridized carbons (Fsp3) is 0.0870. The van der Waals surface area contributed by atoms with E-state index in [4.69, 9.17) is 0 Å². The van der Waals surface area contributed by atoms with Gasteiger partial charge in [0.25, 0.3) is 5.56 Å². The Bertz CT molecular complexity index is 1610. The highest BCUT2D eigenvalue weighted by molar-refractivity contribution is 5.93. The highest BCUT2D eigenvalue weighted by atomic mass is 19.3. The zero-order valence-corrected chi connectivity index (χ0v) is 17.6. The second kappa shape index (κ2) is 8.63. The quantitative estimate of drug-likeness (QED) is 0.351. The van der Waals surface area contributed by atoms with E-state index in [-0.39, 0.29) is 28.7 Å². The van der Waals surface area contributed by atoms with Gasteiger partial charge in [0.15, 0.2) is 11.5 Å². The van der Waals surface area contributed by atoms with E-state index in [0.29, 0.717) is 10.9 Å². The molecule has 0 saturated heterocycles. The van der Waals surface area contributed by atoms with Gasteiger partial charge in [-0.05, 0) is 36.4 Å². The number of benzene rings is 2. The number of rotatable bonds is 6. The summed E-state index contributed by atoms with van der Waals surface area (Å²) in [5.74, 6) is -0.508. The Hall–Kier alpha value is -4.61.